The highest BCUT2D eigenvalue weighted by Crippen LogP contribution is 2.18. The van der Waals surface area contributed by atoms with Crippen molar-refractivity contribution in [3.8, 4) is 0 Å². The molecule has 3 amide bonds. The lowest BCUT2D eigenvalue weighted by Gasteiger charge is -2.17. The van der Waals surface area contributed by atoms with Gasteiger partial charge >= 0.3 is 23.9 Å². The maximum atomic E-state index is 12.7. The van der Waals surface area contributed by atoms with Crippen molar-refractivity contribution in [3.05, 3.63) is 10.4 Å². The van der Waals surface area contributed by atoms with Crippen LogP contribution in [0.15, 0.2) is 5.38 Å². The number of aliphatic carboxylic acids is 1. The van der Waals surface area contributed by atoms with Crippen LogP contribution in [0, 0.1) is 6.92 Å². The van der Waals surface area contributed by atoms with Gasteiger partial charge in [-0.25, -0.2) is 14.2 Å². The second kappa shape index (κ2) is 28.5. The molecule has 0 saturated heterocycles. The third kappa shape index (κ3) is 21.9. The van der Waals surface area contributed by atoms with Gasteiger partial charge in [0.2, 0.25) is 0 Å². The van der Waals surface area contributed by atoms with E-state index in [0.29, 0.717) is 18.9 Å². The first-order valence-corrected chi connectivity index (χ1v) is 18.0. The average molecular weight is 672 g/mol. The molecule has 1 rings (SSSR count). The van der Waals surface area contributed by atoms with E-state index < -0.39 is 30.2 Å². The van der Waals surface area contributed by atoms with Crippen LogP contribution in [-0.4, -0.2) is 57.0 Å². The molecular formula is C34H61N3O8S. The van der Waals surface area contributed by atoms with Crippen LogP contribution >= 0.6 is 11.3 Å². The van der Waals surface area contributed by atoms with Crippen molar-refractivity contribution in [1.29, 1.82) is 0 Å². The molecule has 1 unspecified atom stereocenters. The van der Waals surface area contributed by atoms with E-state index in [1.807, 2.05) is 18.4 Å². The molecule has 266 valence electrons. The highest BCUT2D eigenvalue weighted by Gasteiger charge is 2.35. The van der Waals surface area contributed by atoms with Gasteiger partial charge in [0.25, 0.3) is 0 Å². The van der Waals surface area contributed by atoms with E-state index in [0.717, 1.165) is 29.7 Å². The number of anilines is 1. The largest absolute Gasteiger partial charge is 0.550 e. The number of hydrogen-bond acceptors (Lipinski definition) is 9. The predicted octanol–water partition coefficient (Wildman–Crippen LogP) is 6.61. The molecule has 0 saturated carbocycles. The number of carbonyl (C=O) groups excluding carboxylic acids is 4. The van der Waals surface area contributed by atoms with Crippen LogP contribution in [0.3, 0.4) is 0 Å². The minimum absolute atomic E-state index is 0.0683. The molecule has 0 fully saturated rings. The Labute approximate surface area is 281 Å². The molecule has 0 aromatic carbocycles. The Morgan fingerprint density at radius 3 is 1.72 bits per heavy atom. The summed E-state index contributed by atoms with van der Waals surface area (Å²) in [7, 11) is 1.45. The average Bonchev–Trinajstić information content (AvgIpc) is 3.37. The summed E-state index contributed by atoms with van der Waals surface area (Å²) in [4.78, 5) is 46.9. The first-order valence-electron chi connectivity index (χ1n) is 17.1. The van der Waals surface area contributed by atoms with Crippen LogP contribution in [0.2, 0.25) is 0 Å². The monoisotopic (exact) mass is 671 g/mol. The summed E-state index contributed by atoms with van der Waals surface area (Å²) in [5, 5.41) is 14.4. The number of methoxy groups -OCH3 is 1. The van der Waals surface area contributed by atoms with Crippen molar-refractivity contribution < 1.29 is 43.1 Å². The second-order valence-corrected chi connectivity index (χ2v) is 12.5. The van der Waals surface area contributed by atoms with Crippen LogP contribution in [0.5, 0.6) is 0 Å². The molecule has 0 bridgehead atoms. The molecule has 1 atom stereocenters. The Kier molecular flexibility index (Phi) is 26.8. The smallest absolute Gasteiger partial charge is 0.515 e. The van der Waals surface area contributed by atoms with E-state index in [1.54, 1.807) is 5.38 Å². The number of nitrogens with one attached hydrogen (secondary N) is 1. The molecule has 1 aromatic heterocycles. The lowest BCUT2D eigenvalue weighted by atomic mass is 10.0. The van der Waals surface area contributed by atoms with Crippen LogP contribution in [0.25, 0.3) is 0 Å². The van der Waals surface area contributed by atoms with Gasteiger partial charge in [0.1, 0.15) is 19.3 Å². The molecule has 1 heterocycles. The van der Waals surface area contributed by atoms with Crippen LogP contribution in [0.1, 0.15) is 135 Å². The number of nitrogens with zero attached hydrogens (tertiary/aromatic N) is 2. The van der Waals surface area contributed by atoms with Crippen molar-refractivity contribution >= 4 is 41.2 Å². The number of ether oxygens (including phenoxy) is 3. The van der Waals surface area contributed by atoms with E-state index >= 15 is 0 Å². The molecule has 11 nitrogen and oxygen atoms in total. The summed E-state index contributed by atoms with van der Waals surface area (Å²) in [6, 6.07) is 0. The zero-order valence-corrected chi connectivity index (χ0v) is 30.2. The number of rotatable bonds is 24. The highest BCUT2D eigenvalue weighted by atomic mass is 32.1. The van der Waals surface area contributed by atoms with Crippen molar-refractivity contribution in [2.24, 2.45) is 0 Å². The summed E-state index contributed by atoms with van der Waals surface area (Å²) in [5.74, 6) is -1.06. The summed E-state index contributed by atoms with van der Waals surface area (Å²) in [5.41, 5.74) is 0. The van der Waals surface area contributed by atoms with Gasteiger partial charge in [0.05, 0.1) is 11.9 Å². The number of carbonyl (C=O) groups is 4. The number of aromatic nitrogens is 1. The number of unbranched alkanes of at least 4 members (excludes halogenated alkanes) is 15. The number of alkyl carbamates (subject to hydrolysis) is 1. The Balaban J connectivity index is 0.00000476. The summed E-state index contributed by atoms with van der Waals surface area (Å²) >= 11 is 1.45. The van der Waals surface area contributed by atoms with E-state index in [1.165, 1.54) is 115 Å². The zero-order chi connectivity index (χ0) is 34.6. The fourth-order valence-electron chi connectivity index (χ4n) is 4.86. The van der Waals surface area contributed by atoms with Crippen molar-refractivity contribution in [1.82, 2.24) is 5.32 Å². The van der Waals surface area contributed by atoms with Crippen LogP contribution in [-0.2, 0) is 30.3 Å². The van der Waals surface area contributed by atoms with Crippen molar-refractivity contribution in [2.45, 2.75) is 150 Å². The van der Waals surface area contributed by atoms with Gasteiger partial charge in [-0.05, 0) is 20.3 Å². The fourth-order valence-corrected chi connectivity index (χ4v) is 5.72. The lowest BCUT2D eigenvalue weighted by molar-refractivity contribution is -0.681. The van der Waals surface area contributed by atoms with E-state index in [9.17, 15) is 14.4 Å². The van der Waals surface area contributed by atoms with E-state index in [4.69, 9.17) is 24.1 Å². The van der Waals surface area contributed by atoms with Gasteiger partial charge < -0.3 is 29.4 Å². The third-order valence-electron chi connectivity index (χ3n) is 7.46. The number of amides is 3. The number of carboxylic acids is 1. The molecule has 0 spiro atoms. The maximum Gasteiger partial charge on any atom is 0.515 e. The Morgan fingerprint density at radius 1 is 0.826 bits per heavy atom. The van der Waals surface area contributed by atoms with Gasteiger partial charge in [0.15, 0.2) is 5.01 Å². The minimum Gasteiger partial charge on any atom is -0.550 e. The number of carboxylic acid groups (broad SMARTS) is 1. The summed E-state index contributed by atoms with van der Waals surface area (Å²) in [6.45, 7) is 9.38. The fraction of sp³-hybridized carbons (Fsp3) is 0.794. The molecule has 1 aromatic rings. The first kappa shape index (κ1) is 43.3. The number of imide groups is 1. The van der Waals surface area contributed by atoms with Gasteiger partial charge in [-0.15, -0.1) is 0 Å². The van der Waals surface area contributed by atoms with Crippen LogP contribution < -0.4 is 19.9 Å². The van der Waals surface area contributed by atoms with Gasteiger partial charge in [-0.2, -0.15) is 4.79 Å². The Bertz CT molecular complexity index is 968. The summed E-state index contributed by atoms with van der Waals surface area (Å²) in [6.07, 6.45) is 19.0. The summed E-state index contributed by atoms with van der Waals surface area (Å²) < 4.78 is 17.7. The third-order valence-corrected chi connectivity index (χ3v) is 8.35. The van der Waals surface area contributed by atoms with Crippen LogP contribution in [0.4, 0.5) is 15.4 Å². The van der Waals surface area contributed by atoms with Crippen molar-refractivity contribution in [3.63, 3.8) is 0 Å². The Hall–Kier alpha value is -2.73. The van der Waals surface area contributed by atoms with E-state index in [-0.39, 0.29) is 13.2 Å². The standard InChI is InChI=1S/C32H57N3O6S.C2H4O2/c1-6-8-9-10-11-12-13-14-15-16-17-18-19-20-21-22-23-33-31(37)40-24-29(39-5)25-41-32(38)35(27(3)36)30-26-42-28(4)34(30)7-2;1-2(3)4/h26,29H,6-25H2,1-5H3;1H3,(H,3,4). The normalized spacial score (nSPS) is 11.3. The SMILES string of the molecule is CC(=O)[O-].CCCCCCCCCCCCCCCCCCNC(=O)OCC(COC(=O)N(C(C)=O)c1csc(C)[n+]1CC)OC. The molecule has 46 heavy (non-hydrogen) atoms. The molecule has 0 radical (unpaired) electrons. The topological polar surface area (TPSA) is 138 Å². The highest BCUT2D eigenvalue weighted by molar-refractivity contribution is 7.09. The Morgan fingerprint density at radius 2 is 1.28 bits per heavy atom. The minimum atomic E-state index is -1.08. The number of hydrogen-bond donors (Lipinski definition) is 1. The quantitative estimate of drug-likeness (QED) is 0.0957. The zero-order valence-electron chi connectivity index (χ0n) is 29.4. The molecule has 1 N–H and O–H groups in total. The molecule has 12 heteroatoms. The number of thiazole rings is 1. The first-order chi connectivity index (χ1) is 22.1. The maximum absolute atomic E-state index is 12.7. The van der Waals surface area contributed by atoms with E-state index in [2.05, 4.69) is 12.2 Å². The molecular weight excluding hydrogens is 610 g/mol. The lowest BCUT2D eigenvalue weighted by Crippen LogP contribution is -2.47. The van der Waals surface area contributed by atoms with Gasteiger partial charge in [0, 0.05) is 33.5 Å². The molecule has 0 aliphatic rings. The number of aryl methyl sites for hydroxylation is 1. The second-order valence-electron chi connectivity index (χ2n) is 11.5. The van der Waals surface area contributed by atoms with Gasteiger partial charge in [-0.1, -0.05) is 119 Å². The molecule has 0 aliphatic carbocycles. The molecule has 0 aliphatic heterocycles. The predicted molar refractivity (Wildman–Crippen MR) is 180 cm³/mol. The van der Waals surface area contributed by atoms with Gasteiger partial charge in [-0.3, -0.25) is 0 Å². The van der Waals surface area contributed by atoms with Crippen molar-refractivity contribution in [2.75, 3.05) is 31.8 Å².